The van der Waals surface area contributed by atoms with Gasteiger partial charge in [0.15, 0.2) is 23.0 Å². The van der Waals surface area contributed by atoms with Crippen LogP contribution in [0.5, 0.6) is 11.5 Å². The quantitative estimate of drug-likeness (QED) is 0.664. The van der Waals surface area contributed by atoms with Crippen molar-refractivity contribution in [2.24, 2.45) is 0 Å². The molecule has 6 nitrogen and oxygen atoms in total. The molecule has 0 aliphatic carbocycles. The van der Waals surface area contributed by atoms with Crippen molar-refractivity contribution >= 4 is 17.0 Å². The molecule has 0 bridgehead atoms. The molecule has 1 aliphatic heterocycles. The Morgan fingerprint density at radius 1 is 1.04 bits per heavy atom. The van der Waals surface area contributed by atoms with E-state index in [0.29, 0.717) is 35.8 Å². The molecular formula is C22H24N2O4. The van der Waals surface area contributed by atoms with Crippen LogP contribution in [0.15, 0.2) is 40.8 Å². The lowest BCUT2D eigenvalue weighted by Gasteiger charge is -2.27. The Kier molecular flexibility index (Phi) is 4.71. The average molecular weight is 380 g/mol. The van der Waals surface area contributed by atoms with Crippen molar-refractivity contribution in [3.63, 3.8) is 0 Å². The molecule has 0 saturated heterocycles. The minimum atomic E-state index is -0.123. The number of aromatic nitrogens is 1. The molecule has 4 rings (SSSR count). The van der Waals surface area contributed by atoms with Gasteiger partial charge in [0.2, 0.25) is 0 Å². The van der Waals surface area contributed by atoms with E-state index < -0.39 is 0 Å². The van der Waals surface area contributed by atoms with E-state index in [9.17, 15) is 4.79 Å². The van der Waals surface area contributed by atoms with Gasteiger partial charge in [0, 0.05) is 18.5 Å². The van der Waals surface area contributed by atoms with Crippen molar-refractivity contribution in [1.29, 1.82) is 0 Å². The number of rotatable bonds is 4. The van der Waals surface area contributed by atoms with Gasteiger partial charge < -0.3 is 18.8 Å². The molecule has 28 heavy (non-hydrogen) atoms. The van der Waals surface area contributed by atoms with Crippen LogP contribution in [0.1, 0.15) is 54.5 Å². The van der Waals surface area contributed by atoms with E-state index in [2.05, 4.69) is 4.98 Å². The summed E-state index contributed by atoms with van der Waals surface area (Å²) in [5.41, 5.74) is 2.98. The number of fused-ring (bicyclic) bond motifs is 2. The number of oxazole rings is 1. The second-order valence-electron chi connectivity index (χ2n) is 7.38. The summed E-state index contributed by atoms with van der Waals surface area (Å²) in [6.45, 7) is 7.15. The third-order valence-electron chi connectivity index (χ3n) is 5.09. The molecule has 2 heterocycles. The predicted octanol–water partition coefficient (Wildman–Crippen LogP) is 4.56. The molecule has 2 aromatic carbocycles. The molecule has 0 spiro atoms. The molecule has 1 amide bonds. The minimum Gasteiger partial charge on any atom is -0.486 e. The Labute approximate surface area is 164 Å². The zero-order chi connectivity index (χ0) is 19.8. The summed E-state index contributed by atoms with van der Waals surface area (Å²) in [5.74, 6) is 2.27. The highest BCUT2D eigenvalue weighted by atomic mass is 16.6. The smallest absolute Gasteiger partial charge is 0.254 e. The van der Waals surface area contributed by atoms with Gasteiger partial charge in [-0.05, 0) is 42.8 Å². The van der Waals surface area contributed by atoms with Crippen LogP contribution >= 0.6 is 0 Å². The molecule has 0 unspecified atom stereocenters. The van der Waals surface area contributed by atoms with E-state index >= 15 is 0 Å². The van der Waals surface area contributed by atoms with E-state index in [0.717, 1.165) is 17.1 Å². The zero-order valence-corrected chi connectivity index (χ0v) is 16.6. The van der Waals surface area contributed by atoms with Crippen LogP contribution in [-0.2, 0) is 0 Å². The van der Waals surface area contributed by atoms with Crippen molar-refractivity contribution in [2.75, 3.05) is 20.3 Å². The van der Waals surface area contributed by atoms with Crippen molar-refractivity contribution in [1.82, 2.24) is 9.88 Å². The van der Waals surface area contributed by atoms with E-state index in [1.165, 1.54) is 0 Å². The number of carbonyl (C=O) groups is 1. The maximum Gasteiger partial charge on any atom is 0.254 e. The minimum absolute atomic E-state index is 0.0709. The largest absolute Gasteiger partial charge is 0.486 e. The third kappa shape index (κ3) is 3.30. The van der Waals surface area contributed by atoms with Crippen LogP contribution in [-0.4, -0.2) is 36.1 Å². The molecule has 146 valence electrons. The highest BCUT2D eigenvalue weighted by Crippen LogP contribution is 2.34. The second kappa shape index (κ2) is 7.19. The lowest BCUT2D eigenvalue weighted by atomic mass is 10.0. The van der Waals surface area contributed by atoms with Crippen molar-refractivity contribution in [2.45, 2.75) is 32.7 Å². The monoisotopic (exact) mass is 380 g/mol. The van der Waals surface area contributed by atoms with Gasteiger partial charge in [0.05, 0.1) is 6.04 Å². The van der Waals surface area contributed by atoms with Gasteiger partial charge in [-0.2, -0.15) is 0 Å². The maximum absolute atomic E-state index is 13.0. The fourth-order valence-corrected chi connectivity index (χ4v) is 3.25. The Morgan fingerprint density at radius 2 is 1.79 bits per heavy atom. The van der Waals surface area contributed by atoms with Gasteiger partial charge in [-0.25, -0.2) is 4.98 Å². The summed E-state index contributed by atoms with van der Waals surface area (Å²) in [4.78, 5) is 19.3. The molecule has 0 saturated carbocycles. The normalized spacial score (nSPS) is 14.3. The first-order chi connectivity index (χ1) is 13.4. The summed E-state index contributed by atoms with van der Waals surface area (Å²) >= 11 is 0. The molecule has 0 fully saturated rings. The first kappa shape index (κ1) is 18.3. The molecule has 1 aromatic heterocycles. The molecule has 3 aromatic rings. The Morgan fingerprint density at radius 3 is 2.54 bits per heavy atom. The Bertz CT molecular complexity index is 1020. The SMILES string of the molecule is CC(C)c1nc2cc(C(=O)N(C)[C@H](C)c3ccc4c(c3)OCCO4)ccc2o1. The predicted molar refractivity (Wildman–Crippen MR) is 106 cm³/mol. The zero-order valence-electron chi connectivity index (χ0n) is 16.6. The molecule has 1 atom stereocenters. The lowest BCUT2D eigenvalue weighted by Crippen LogP contribution is -2.29. The van der Waals surface area contributed by atoms with Crippen LogP contribution in [0.4, 0.5) is 0 Å². The highest BCUT2D eigenvalue weighted by Gasteiger charge is 2.22. The molecule has 6 heteroatoms. The molecule has 1 aliphatic rings. The van der Waals surface area contributed by atoms with E-state index in [1.54, 1.807) is 24.1 Å². The van der Waals surface area contributed by atoms with Gasteiger partial charge in [0.25, 0.3) is 5.91 Å². The number of benzene rings is 2. The number of hydrogen-bond donors (Lipinski definition) is 0. The van der Waals surface area contributed by atoms with Crippen molar-refractivity contribution < 1.29 is 18.7 Å². The summed E-state index contributed by atoms with van der Waals surface area (Å²) in [6, 6.07) is 11.1. The maximum atomic E-state index is 13.0. The number of hydrogen-bond acceptors (Lipinski definition) is 5. The average Bonchev–Trinajstić information content (AvgIpc) is 3.15. The first-order valence-electron chi connectivity index (χ1n) is 9.51. The van der Waals surface area contributed by atoms with Crippen LogP contribution in [0.2, 0.25) is 0 Å². The Hall–Kier alpha value is -3.02. The fraction of sp³-hybridized carbons (Fsp3) is 0.364. The Balaban J connectivity index is 1.57. The fourth-order valence-electron chi connectivity index (χ4n) is 3.25. The second-order valence-corrected chi connectivity index (χ2v) is 7.38. The van der Waals surface area contributed by atoms with Crippen LogP contribution in [0, 0.1) is 0 Å². The van der Waals surface area contributed by atoms with Crippen molar-refractivity contribution in [3.8, 4) is 11.5 Å². The number of carbonyl (C=O) groups excluding carboxylic acids is 1. The summed E-state index contributed by atoms with van der Waals surface area (Å²) in [6.07, 6.45) is 0. The lowest BCUT2D eigenvalue weighted by molar-refractivity contribution is 0.0742. The molecule has 0 N–H and O–H groups in total. The first-order valence-corrected chi connectivity index (χ1v) is 9.51. The van der Waals surface area contributed by atoms with Crippen LogP contribution in [0.25, 0.3) is 11.1 Å². The summed E-state index contributed by atoms with van der Waals surface area (Å²) in [5, 5.41) is 0. The van der Waals surface area contributed by atoms with Crippen molar-refractivity contribution in [3.05, 3.63) is 53.4 Å². The van der Waals surface area contributed by atoms with Gasteiger partial charge >= 0.3 is 0 Å². The number of ether oxygens (including phenoxy) is 2. The van der Waals surface area contributed by atoms with Gasteiger partial charge in [-0.3, -0.25) is 4.79 Å². The van der Waals surface area contributed by atoms with Gasteiger partial charge in [-0.15, -0.1) is 0 Å². The summed E-state index contributed by atoms with van der Waals surface area (Å²) in [7, 11) is 1.80. The number of nitrogens with zero attached hydrogens (tertiary/aromatic N) is 2. The van der Waals surface area contributed by atoms with E-state index in [-0.39, 0.29) is 17.9 Å². The number of amides is 1. The van der Waals surface area contributed by atoms with Gasteiger partial charge in [-0.1, -0.05) is 19.9 Å². The summed E-state index contributed by atoms with van der Waals surface area (Å²) < 4.78 is 17.0. The van der Waals surface area contributed by atoms with E-state index in [1.807, 2.05) is 45.0 Å². The van der Waals surface area contributed by atoms with Crippen LogP contribution in [0.3, 0.4) is 0 Å². The van der Waals surface area contributed by atoms with Crippen LogP contribution < -0.4 is 9.47 Å². The van der Waals surface area contributed by atoms with Gasteiger partial charge in [0.1, 0.15) is 18.7 Å². The molecular weight excluding hydrogens is 356 g/mol. The van der Waals surface area contributed by atoms with E-state index in [4.69, 9.17) is 13.9 Å². The third-order valence-corrected chi connectivity index (χ3v) is 5.09. The topological polar surface area (TPSA) is 64.8 Å². The molecule has 0 radical (unpaired) electrons. The highest BCUT2D eigenvalue weighted by molar-refractivity contribution is 5.97. The standard InChI is InChI=1S/C22H24N2O4/c1-13(2)21-23-17-11-16(6-7-18(17)28-21)22(25)24(4)14(3)15-5-8-19-20(12-15)27-10-9-26-19/h5-8,11-14H,9-10H2,1-4H3/t14-/m1/s1.